The number of halogens is 1. The molecule has 0 unspecified atom stereocenters. The van der Waals surface area contributed by atoms with Gasteiger partial charge in [-0.15, -0.1) is 0 Å². The molecule has 0 aliphatic heterocycles. The molecule has 0 amide bonds. The number of fused-ring (bicyclic) bond motifs is 1. The molecule has 0 atom stereocenters. The van der Waals surface area contributed by atoms with Crippen molar-refractivity contribution in [2.45, 2.75) is 25.5 Å². The Morgan fingerprint density at radius 2 is 2.21 bits per heavy atom. The molecule has 19 heavy (non-hydrogen) atoms. The molecule has 0 bridgehead atoms. The number of aromatic nitrogens is 2. The van der Waals surface area contributed by atoms with E-state index in [0.717, 1.165) is 33.5 Å². The summed E-state index contributed by atoms with van der Waals surface area (Å²) in [5, 5.41) is 1.77. The van der Waals surface area contributed by atoms with Crippen molar-refractivity contribution in [3.8, 4) is 0 Å². The van der Waals surface area contributed by atoms with Crippen LogP contribution in [0.4, 0.5) is 0 Å². The normalized spacial score (nSPS) is 11.6. The molecule has 2 rings (SSSR count). The lowest BCUT2D eigenvalue weighted by atomic mass is 10.3. The average Bonchev–Trinajstić information content (AvgIpc) is 2.70. The highest BCUT2D eigenvalue weighted by atomic mass is 35.5. The first-order chi connectivity index (χ1) is 9.11. The number of hydrogen-bond acceptors (Lipinski definition) is 3. The summed E-state index contributed by atoms with van der Waals surface area (Å²) in [7, 11) is 1.72. The first-order valence-electron chi connectivity index (χ1n) is 6.39. The fourth-order valence-corrected chi connectivity index (χ4v) is 2.99. The van der Waals surface area contributed by atoms with E-state index in [0.29, 0.717) is 12.5 Å². The first-order valence-corrected chi connectivity index (χ1v) is 7.75. The van der Waals surface area contributed by atoms with Crippen molar-refractivity contribution in [1.82, 2.24) is 9.55 Å². The van der Waals surface area contributed by atoms with Crippen LogP contribution in [0, 0.1) is 5.92 Å². The molecule has 0 spiro atoms. The number of thioether (sulfide) groups is 1. The molecule has 2 aromatic rings. The summed E-state index contributed by atoms with van der Waals surface area (Å²) in [5.41, 5.74) is 2.07. The lowest BCUT2D eigenvalue weighted by molar-refractivity contribution is 0.186. The summed E-state index contributed by atoms with van der Waals surface area (Å²) in [6.07, 6.45) is 0. The van der Waals surface area contributed by atoms with Crippen LogP contribution >= 0.6 is 23.4 Å². The third-order valence-corrected chi connectivity index (χ3v) is 4.38. The van der Waals surface area contributed by atoms with E-state index in [2.05, 4.69) is 23.4 Å². The van der Waals surface area contributed by atoms with Gasteiger partial charge in [-0.2, -0.15) is 0 Å². The van der Waals surface area contributed by atoms with Crippen LogP contribution < -0.4 is 0 Å². The summed E-state index contributed by atoms with van der Waals surface area (Å²) >= 11 is 7.82. The lowest BCUT2D eigenvalue weighted by Crippen LogP contribution is -2.06. The second-order valence-electron chi connectivity index (χ2n) is 4.88. The first kappa shape index (κ1) is 14.7. The minimum Gasteiger partial charge on any atom is -0.383 e. The van der Waals surface area contributed by atoms with Gasteiger partial charge in [-0.25, -0.2) is 4.98 Å². The summed E-state index contributed by atoms with van der Waals surface area (Å²) in [5.74, 6) is 1.70. The van der Waals surface area contributed by atoms with E-state index in [-0.39, 0.29) is 0 Å². The Hall–Kier alpha value is -0.710. The molecule has 0 aliphatic carbocycles. The van der Waals surface area contributed by atoms with Gasteiger partial charge in [-0.3, -0.25) is 0 Å². The molecular weight excluding hydrogens is 280 g/mol. The molecule has 5 heteroatoms. The maximum Gasteiger partial charge on any atom is 0.169 e. The highest BCUT2D eigenvalue weighted by Gasteiger charge is 2.12. The smallest absolute Gasteiger partial charge is 0.169 e. The van der Waals surface area contributed by atoms with Gasteiger partial charge in [0.25, 0.3) is 0 Å². The predicted octanol–water partition coefficient (Wildman–Crippen LogP) is 4.08. The molecule has 0 fully saturated rings. The fourth-order valence-electron chi connectivity index (χ4n) is 1.83. The van der Waals surface area contributed by atoms with Gasteiger partial charge in [0.1, 0.15) is 0 Å². The second-order valence-corrected chi connectivity index (χ2v) is 6.30. The van der Waals surface area contributed by atoms with E-state index in [1.807, 2.05) is 18.2 Å². The van der Waals surface area contributed by atoms with Crippen molar-refractivity contribution in [3.63, 3.8) is 0 Å². The van der Waals surface area contributed by atoms with Gasteiger partial charge in [-0.1, -0.05) is 37.2 Å². The number of rotatable bonds is 6. The van der Waals surface area contributed by atoms with Crippen molar-refractivity contribution in [3.05, 3.63) is 23.2 Å². The van der Waals surface area contributed by atoms with Crippen LogP contribution in [-0.2, 0) is 11.3 Å². The number of imidazole rings is 1. The Morgan fingerprint density at radius 1 is 1.42 bits per heavy atom. The van der Waals surface area contributed by atoms with E-state index < -0.39 is 0 Å². The molecule has 0 radical (unpaired) electrons. The van der Waals surface area contributed by atoms with Crippen LogP contribution in [0.25, 0.3) is 11.0 Å². The third kappa shape index (κ3) is 3.65. The minimum absolute atomic E-state index is 0.643. The molecule has 0 saturated carbocycles. The molecule has 1 heterocycles. The molecule has 1 aromatic heterocycles. The summed E-state index contributed by atoms with van der Waals surface area (Å²) < 4.78 is 7.39. The van der Waals surface area contributed by atoms with Crippen molar-refractivity contribution < 1.29 is 4.74 Å². The van der Waals surface area contributed by atoms with E-state index in [4.69, 9.17) is 16.3 Å². The zero-order valence-corrected chi connectivity index (χ0v) is 13.1. The van der Waals surface area contributed by atoms with E-state index in [9.17, 15) is 0 Å². The zero-order valence-electron chi connectivity index (χ0n) is 11.5. The summed E-state index contributed by atoms with van der Waals surface area (Å²) in [6.45, 7) is 5.93. The van der Waals surface area contributed by atoms with Crippen molar-refractivity contribution in [2.24, 2.45) is 5.92 Å². The number of nitrogens with zero attached hydrogens (tertiary/aromatic N) is 2. The quantitative estimate of drug-likeness (QED) is 0.752. The van der Waals surface area contributed by atoms with Gasteiger partial charge in [0.2, 0.25) is 0 Å². The Balaban J connectivity index is 2.35. The van der Waals surface area contributed by atoms with E-state index >= 15 is 0 Å². The van der Waals surface area contributed by atoms with Crippen LogP contribution in [-0.4, -0.2) is 29.0 Å². The van der Waals surface area contributed by atoms with Gasteiger partial charge >= 0.3 is 0 Å². The van der Waals surface area contributed by atoms with Crippen LogP contribution in [0.15, 0.2) is 23.4 Å². The van der Waals surface area contributed by atoms with Crippen molar-refractivity contribution >= 4 is 34.4 Å². The summed E-state index contributed by atoms with van der Waals surface area (Å²) in [4.78, 5) is 4.68. The average molecular weight is 299 g/mol. The highest BCUT2D eigenvalue weighted by molar-refractivity contribution is 7.99. The molecule has 0 N–H and O–H groups in total. The largest absolute Gasteiger partial charge is 0.383 e. The van der Waals surface area contributed by atoms with Crippen molar-refractivity contribution in [2.75, 3.05) is 19.5 Å². The Morgan fingerprint density at radius 3 is 2.89 bits per heavy atom. The zero-order chi connectivity index (χ0) is 13.8. The topological polar surface area (TPSA) is 27.1 Å². The van der Waals surface area contributed by atoms with Gasteiger partial charge in [0, 0.05) is 24.4 Å². The molecule has 0 aliphatic rings. The Kier molecular flexibility index (Phi) is 5.13. The van der Waals surface area contributed by atoms with Crippen LogP contribution in [0.2, 0.25) is 5.02 Å². The number of ether oxygens (including phenoxy) is 1. The monoisotopic (exact) mass is 298 g/mol. The van der Waals surface area contributed by atoms with Crippen LogP contribution in [0.3, 0.4) is 0 Å². The predicted molar refractivity (Wildman–Crippen MR) is 82.2 cm³/mol. The van der Waals surface area contributed by atoms with Gasteiger partial charge in [0.15, 0.2) is 5.16 Å². The van der Waals surface area contributed by atoms with Gasteiger partial charge in [0.05, 0.1) is 17.6 Å². The maximum absolute atomic E-state index is 6.03. The Labute approximate surface area is 123 Å². The van der Waals surface area contributed by atoms with Crippen molar-refractivity contribution in [1.29, 1.82) is 0 Å². The summed E-state index contributed by atoms with van der Waals surface area (Å²) in [6, 6.07) is 5.85. The van der Waals surface area contributed by atoms with Gasteiger partial charge < -0.3 is 9.30 Å². The molecule has 1 aromatic carbocycles. The van der Waals surface area contributed by atoms with E-state index in [1.54, 1.807) is 18.9 Å². The second kappa shape index (κ2) is 6.64. The molecule has 3 nitrogen and oxygen atoms in total. The fraction of sp³-hybridized carbons (Fsp3) is 0.500. The maximum atomic E-state index is 6.03. The molecule has 0 saturated heterocycles. The minimum atomic E-state index is 0.643. The van der Waals surface area contributed by atoms with E-state index in [1.165, 1.54) is 0 Å². The Bertz CT molecular complexity index is 554. The molecular formula is C14H19ClN2OS. The number of hydrogen-bond donors (Lipinski definition) is 0. The van der Waals surface area contributed by atoms with Crippen LogP contribution in [0.1, 0.15) is 13.8 Å². The van der Waals surface area contributed by atoms with Crippen LogP contribution in [0.5, 0.6) is 0 Å². The molecule has 104 valence electrons. The van der Waals surface area contributed by atoms with Gasteiger partial charge in [-0.05, 0) is 24.1 Å². The number of methoxy groups -OCH3 is 1. The standard InChI is InChI=1S/C14H19ClN2OS/c1-10(2)9-19-14-16-12-8-11(15)4-5-13(12)17(14)6-7-18-3/h4-5,8,10H,6-7,9H2,1-3H3. The number of benzene rings is 1. The SMILES string of the molecule is COCCn1c(SCC(C)C)nc2cc(Cl)ccc21. The highest BCUT2D eigenvalue weighted by Crippen LogP contribution is 2.27. The third-order valence-electron chi connectivity index (χ3n) is 2.74. The lowest BCUT2D eigenvalue weighted by Gasteiger charge is -2.09.